The van der Waals surface area contributed by atoms with Gasteiger partial charge in [-0.05, 0) is 90.4 Å². The fraction of sp³-hybridized carbons (Fsp3) is 0.321. The van der Waals surface area contributed by atoms with Crippen molar-refractivity contribution >= 4 is 29.9 Å². The van der Waals surface area contributed by atoms with Crippen LogP contribution >= 0.6 is 12.4 Å². The van der Waals surface area contributed by atoms with E-state index in [0.717, 1.165) is 29.5 Å². The number of halogens is 1. The molecular formula is C28H32ClN9O3. The summed E-state index contributed by atoms with van der Waals surface area (Å²) in [6.45, 7) is 0.599. The minimum absolute atomic E-state index is 0. The number of H-pyrrole nitrogens is 1. The fourth-order valence-corrected chi connectivity index (χ4v) is 5.10. The van der Waals surface area contributed by atoms with E-state index in [0.29, 0.717) is 42.4 Å². The van der Waals surface area contributed by atoms with Crippen molar-refractivity contribution in [3.8, 4) is 28.5 Å². The van der Waals surface area contributed by atoms with E-state index < -0.39 is 11.9 Å². The number of imide groups is 1. The molecule has 2 aromatic heterocycles. The Balaban J connectivity index is 0.00000387. The van der Waals surface area contributed by atoms with Crippen molar-refractivity contribution in [2.24, 2.45) is 23.3 Å². The number of carbonyl (C=O) groups excluding carboxylic acids is 2. The van der Waals surface area contributed by atoms with Gasteiger partial charge in [0.25, 0.3) is 5.91 Å². The number of tetrazole rings is 1. The van der Waals surface area contributed by atoms with Gasteiger partial charge in [0, 0.05) is 29.4 Å². The number of amides is 2. The Bertz CT molecular complexity index is 1440. The molecule has 0 radical (unpaired) electrons. The smallest absolute Gasteiger partial charge is 0.313 e. The van der Waals surface area contributed by atoms with Gasteiger partial charge in [-0.25, -0.2) is 20.0 Å². The number of nitrogens with two attached hydrogens (primary N) is 2. The van der Waals surface area contributed by atoms with Gasteiger partial charge in [0.15, 0.2) is 5.82 Å². The van der Waals surface area contributed by atoms with Crippen molar-refractivity contribution in [2.75, 3.05) is 11.4 Å². The molecule has 4 aromatic rings. The number of aromatic nitrogens is 6. The average Bonchev–Trinajstić information content (AvgIpc) is 3.53. The molecule has 2 aromatic carbocycles. The molecule has 13 heteroatoms. The molecule has 1 saturated carbocycles. The van der Waals surface area contributed by atoms with Gasteiger partial charge in [0.2, 0.25) is 5.91 Å². The summed E-state index contributed by atoms with van der Waals surface area (Å²) < 4.78 is 0. The molecule has 214 valence electrons. The number of anilines is 1. The second-order valence-corrected chi connectivity index (χ2v) is 10.0. The van der Waals surface area contributed by atoms with E-state index in [1.807, 2.05) is 24.3 Å². The summed E-state index contributed by atoms with van der Waals surface area (Å²) in [5.74, 6) is -0.128. The summed E-state index contributed by atoms with van der Waals surface area (Å²) in [6, 6.07) is 13.1. The van der Waals surface area contributed by atoms with E-state index in [1.54, 1.807) is 24.3 Å². The zero-order valence-electron chi connectivity index (χ0n) is 22.3. The highest BCUT2D eigenvalue weighted by molar-refractivity contribution is 6.17. The topological polar surface area (TPSA) is 190 Å². The van der Waals surface area contributed by atoms with Crippen molar-refractivity contribution in [1.82, 2.24) is 30.6 Å². The number of nitrogens with one attached hydrogen (secondary N) is 1. The van der Waals surface area contributed by atoms with Gasteiger partial charge in [-0.3, -0.25) is 9.59 Å². The van der Waals surface area contributed by atoms with Crippen LogP contribution < -0.4 is 16.4 Å². The molecule has 0 bridgehead atoms. The van der Waals surface area contributed by atoms with Crippen molar-refractivity contribution in [3.05, 3.63) is 66.5 Å². The Morgan fingerprint density at radius 1 is 1.00 bits per heavy atom. The van der Waals surface area contributed by atoms with E-state index in [1.165, 1.54) is 17.3 Å². The van der Waals surface area contributed by atoms with E-state index in [2.05, 4.69) is 30.6 Å². The average molecular weight is 578 g/mol. The summed E-state index contributed by atoms with van der Waals surface area (Å²) in [7, 11) is 0. The predicted octanol–water partition coefficient (Wildman–Crippen LogP) is 2.65. The number of carbonyl (C=O) groups is 2. The lowest BCUT2D eigenvalue weighted by atomic mass is 9.81. The molecule has 0 saturated heterocycles. The standard InChI is InChI=1S/C28H31N9O3.ClH/c29-14-17-4-6-20(7-5-17)26(38)37(23-10-8-19(9-11-23)25-33-35-36-34-25)27(39)24(30)13-18-2-1-3-21(12-18)22-15-31-28(40)32-16-22;/h1-3,8-12,15-17,20,24H,4-7,13-14,29-30H2,(H,31,32,40)(H,33,34,35,36);1H/t17-,20-,24-;/m0./s1. The number of hydrogen-bond donors (Lipinski definition) is 4. The minimum atomic E-state index is -0.964. The van der Waals surface area contributed by atoms with Crippen LogP contribution in [0.2, 0.25) is 0 Å². The summed E-state index contributed by atoms with van der Waals surface area (Å²) in [4.78, 5) is 36.5. The first kappa shape index (κ1) is 29.7. The van der Waals surface area contributed by atoms with Crippen LogP contribution in [0, 0.1) is 11.8 Å². The van der Waals surface area contributed by atoms with Gasteiger partial charge in [-0.1, -0.05) is 24.3 Å². The third-order valence-corrected chi connectivity index (χ3v) is 7.39. The molecule has 1 aliphatic rings. The molecule has 0 unspecified atom stereocenters. The van der Waals surface area contributed by atoms with Crippen LogP contribution in [0.15, 0.2) is 60.9 Å². The predicted molar refractivity (Wildman–Crippen MR) is 155 cm³/mol. The van der Waals surface area contributed by atoms with E-state index in [9.17, 15) is 14.7 Å². The second kappa shape index (κ2) is 13.4. The molecule has 5 rings (SSSR count). The van der Waals surface area contributed by atoms with Crippen molar-refractivity contribution in [3.63, 3.8) is 0 Å². The first-order chi connectivity index (χ1) is 19.4. The summed E-state index contributed by atoms with van der Waals surface area (Å²) >= 11 is 0. The number of aromatic hydroxyl groups is 1. The van der Waals surface area contributed by atoms with Gasteiger partial charge < -0.3 is 16.6 Å². The monoisotopic (exact) mass is 577 g/mol. The van der Waals surface area contributed by atoms with Crippen LogP contribution in [0.4, 0.5) is 5.69 Å². The highest BCUT2D eigenvalue weighted by atomic mass is 35.5. The second-order valence-electron chi connectivity index (χ2n) is 10.0. The molecule has 41 heavy (non-hydrogen) atoms. The lowest BCUT2D eigenvalue weighted by Gasteiger charge is -2.32. The Labute approximate surface area is 243 Å². The molecule has 1 fully saturated rings. The minimum Gasteiger partial charge on any atom is -0.479 e. The van der Waals surface area contributed by atoms with Gasteiger partial charge in [0.05, 0.1) is 11.7 Å². The number of aromatic amines is 1. The first-order valence-electron chi connectivity index (χ1n) is 13.2. The molecule has 1 aliphatic carbocycles. The third-order valence-electron chi connectivity index (χ3n) is 7.39. The summed E-state index contributed by atoms with van der Waals surface area (Å²) in [5, 5.41) is 23.2. The molecule has 2 heterocycles. The Morgan fingerprint density at radius 2 is 1.71 bits per heavy atom. The quantitative estimate of drug-likeness (QED) is 0.242. The highest BCUT2D eigenvalue weighted by Crippen LogP contribution is 2.32. The van der Waals surface area contributed by atoms with Crippen LogP contribution in [-0.4, -0.2) is 60.1 Å². The molecule has 0 spiro atoms. The van der Waals surface area contributed by atoms with Gasteiger partial charge in [0.1, 0.15) is 0 Å². The lowest BCUT2D eigenvalue weighted by molar-refractivity contribution is -0.130. The number of nitrogens with zero attached hydrogens (tertiary/aromatic N) is 6. The van der Waals surface area contributed by atoms with Gasteiger partial charge in [-0.2, -0.15) is 0 Å². The molecule has 12 nitrogen and oxygen atoms in total. The number of rotatable bonds is 8. The maximum absolute atomic E-state index is 13.8. The number of benzene rings is 2. The van der Waals surface area contributed by atoms with Crippen molar-refractivity contribution < 1.29 is 14.7 Å². The zero-order valence-corrected chi connectivity index (χ0v) is 23.1. The first-order valence-corrected chi connectivity index (χ1v) is 13.2. The van der Waals surface area contributed by atoms with Crippen LogP contribution in [0.3, 0.4) is 0 Å². The van der Waals surface area contributed by atoms with E-state index >= 15 is 0 Å². The Kier molecular flexibility index (Phi) is 9.71. The van der Waals surface area contributed by atoms with Crippen LogP contribution in [0.25, 0.3) is 22.5 Å². The fourth-order valence-electron chi connectivity index (χ4n) is 5.10. The SMILES string of the molecule is Cl.NC[C@H]1CC[C@H](C(=O)N(C(=O)[C@@H](N)Cc2cccc(-c3cnc(O)nc3)c2)c2ccc(-c3nnn[nH]3)cc2)CC1. The van der Waals surface area contributed by atoms with Crippen LogP contribution in [-0.2, 0) is 16.0 Å². The Morgan fingerprint density at radius 3 is 2.34 bits per heavy atom. The Hall–Kier alpha value is -4.26. The molecule has 2 amide bonds. The van der Waals surface area contributed by atoms with Crippen molar-refractivity contribution in [1.29, 1.82) is 0 Å². The van der Waals surface area contributed by atoms with Gasteiger partial charge in [-0.15, -0.1) is 17.5 Å². The molecule has 1 atom stereocenters. The molecule has 6 N–H and O–H groups in total. The number of hydrogen-bond acceptors (Lipinski definition) is 10. The highest BCUT2D eigenvalue weighted by Gasteiger charge is 2.35. The maximum atomic E-state index is 13.8. The molecule has 0 aliphatic heterocycles. The maximum Gasteiger partial charge on any atom is 0.313 e. The van der Waals surface area contributed by atoms with Gasteiger partial charge >= 0.3 is 6.01 Å². The van der Waals surface area contributed by atoms with Crippen LogP contribution in [0.5, 0.6) is 6.01 Å². The normalized spacial score (nSPS) is 17.3. The lowest BCUT2D eigenvalue weighted by Crippen LogP contribution is -2.50. The van der Waals surface area contributed by atoms with Crippen molar-refractivity contribution in [2.45, 2.75) is 38.1 Å². The zero-order chi connectivity index (χ0) is 28.1. The third kappa shape index (κ3) is 6.91. The van der Waals surface area contributed by atoms with E-state index in [4.69, 9.17) is 11.5 Å². The largest absolute Gasteiger partial charge is 0.479 e. The summed E-state index contributed by atoms with van der Waals surface area (Å²) in [5.41, 5.74) is 15.8. The van der Waals surface area contributed by atoms with E-state index in [-0.39, 0.29) is 36.7 Å². The van der Waals surface area contributed by atoms with Crippen LogP contribution in [0.1, 0.15) is 31.2 Å². The summed E-state index contributed by atoms with van der Waals surface area (Å²) in [6.07, 6.45) is 6.32. The molecular weight excluding hydrogens is 546 g/mol.